The first-order valence-corrected chi connectivity index (χ1v) is 8.83. The van der Waals surface area contributed by atoms with E-state index < -0.39 is 6.04 Å². The molecule has 0 spiro atoms. The van der Waals surface area contributed by atoms with Crippen LogP contribution in [0.4, 0.5) is 0 Å². The third kappa shape index (κ3) is 3.78. The first-order valence-electron chi connectivity index (χ1n) is 8.83. The summed E-state index contributed by atoms with van der Waals surface area (Å²) in [6.07, 6.45) is 0.317. The Morgan fingerprint density at radius 1 is 1.19 bits per heavy atom. The molecule has 0 aromatic heterocycles. The number of fused-ring (bicyclic) bond motifs is 1. The number of hydrogen-bond donors (Lipinski definition) is 1. The van der Waals surface area contributed by atoms with Crippen LogP contribution in [0.25, 0.3) is 0 Å². The Labute approximate surface area is 154 Å². The van der Waals surface area contributed by atoms with Crippen LogP contribution in [-0.4, -0.2) is 37.0 Å². The third-order valence-electron chi connectivity index (χ3n) is 4.77. The summed E-state index contributed by atoms with van der Waals surface area (Å²) in [4.78, 5) is 27.4. The van der Waals surface area contributed by atoms with Gasteiger partial charge < -0.3 is 15.0 Å². The number of carbonyl (C=O) groups is 2. The van der Waals surface area contributed by atoms with Crippen molar-refractivity contribution >= 4 is 11.8 Å². The lowest BCUT2D eigenvalue weighted by atomic mass is 9.91. The van der Waals surface area contributed by atoms with Crippen LogP contribution in [0.1, 0.15) is 35.7 Å². The maximum absolute atomic E-state index is 13.1. The minimum atomic E-state index is -0.631. The smallest absolute Gasteiger partial charge is 0.247 e. The summed E-state index contributed by atoms with van der Waals surface area (Å²) in [5, 5.41) is 3.06. The van der Waals surface area contributed by atoms with Crippen molar-refractivity contribution < 1.29 is 14.3 Å². The van der Waals surface area contributed by atoms with Crippen LogP contribution < -0.4 is 5.32 Å². The van der Waals surface area contributed by atoms with Gasteiger partial charge in [0.2, 0.25) is 11.8 Å². The van der Waals surface area contributed by atoms with Crippen LogP contribution in [0, 0.1) is 0 Å². The number of rotatable bonds is 6. The second-order valence-electron chi connectivity index (χ2n) is 6.50. The zero-order valence-electron chi connectivity index (χ0n) is 15.1. The molecule has 0 aliphatic carbocycles. The number of methoxy groups -OCH3 is 1. The Morgan fingerprint density at radius 3 is 2.62 bits per heavy atom. The van der Waals surface area contributed by atoms with Gasteiger partial charge in [-0.1, -0.05) is 54.6 Å². The van der Waals surface area contributed by atoms with E-state index in [1.54, 1.807) is 12.0 Å². The average Bonchev–Trinajstić information content (AvgIpc) is 2.66. The fraction of sp³-hybridized carbons (Fsp3) is 0.333. The van der Waals surface area contributed by atoms with Crippen LogP contribution >= 0.6 is 0 Å². The normalized spacial score (nSPS) is 17.5. The molecule has 5 heteroatoms. The quantitative estimate of drug-likeness (QED) is 0.869. The lowest BCUT2D eigenvalue weighted by Gasteiger charge is -2.36. The summed E-state index contributed by atoms with van der Waals surface area (Å²) < 4.78 is 5.13. The van der Waals surface area contributed by atoms with Gasteiger partial charge in [0.25, 0.3) is 0 Å². The van der Waals surface area contributed by atoms with Crippen LogP contribution in [-0.2, 0) is 20.7 Å². The second kappa shape index (κ2) is 8.15. The molecule has 0 bridgehead atoms. The fourth-order valence-corrected chi connectivity index (χ4v) is 3.38. The maximum Gasteiger partial charge on any atom is 0.247 e. The van der Waals surface area contributed by atoms with Gasteiger partial charge in [0.1, 0.15) is 6.04 Å². The first-order chi connectivity index (χ1) is 12.6. The molecule has 0 saturated heterocycles. The van der Waals surface area contributed by atoms with E-state index in [9.17, 15) is 9.59 Å². The first kappa shape index (κ1) is 18.1. The molecule has 5 nitrogen and oxygen atoms in total. The number of carbonyl (C=O) groups excluding carboxylic acids is 2. The van der Waals surface area contributed by atoms with Gasteiger partial charge in [0.05, 0.1) is 19.1 Å². The monoisotopic (exact) mass is 352 g/mol. The minimum absolute atomic E-state index is 0.0479. The molecular formula is C21H24N2O3. The molecule has 2 aromatic rings. The van der Waals surface area contributed by atoms with Gasteiger partial charge in [-0.2, -0.15) is 0 Å². The Hall–Kier alpha value is -2.66. The molecule has 1 aliphatic heterocycles. The van der Waals surface area contributed by atoms with Gasteiger partial charge >= 0.3 is 0 Å². The molecule has 0 radical (unpaired) electrons. The highest BCUT2D eigenvalue weighted by Crippen LogP contribution is 2.31. The molecule has 2 atom stereocenters. The Bertz CT molecular complexity index is 776. The van der Waals surface area contributed by atoms with Crippen molar-refractivity contribution in [2.75, 3.05) is 20.3 Å². The average molecular weight is 352 g/mol. The van der Waals surface area contributed by atoms with Crippen LogP contribution in [0.5, 0.6) is 0 Å². The predicted octanol–water partition coefficient (Wildman–Crippen LogP) is 2.64. The predicted molar refractivity (Wildman–Crippen MR) is 99.5 cm³/mol. The van der Waals surface area contributed by atoms with Gasteiger partial charge in [-0.05, 0) is 23.6 Å². The SMILES string of the molecule is COCCN1C(=O)Cc2ccccc2C1C(=O)NC(C)c1ccccc1. The van der Waals surface area contributed by atoms with E-state index in [2.05, 4.69) is 5.32 Å². The highest BCUT2D eigenvalue weighted by molar-refractivity contribution is 5.92. The number of nitrogens with zero attached hydrogens (tertiary/aromatic N) is 1. The maximum atomic E-state index is 13.1. The van der Waals surface area contributed by atoms with Crippen molar-refractivity contribution in [1.29, 1.82) is 0 Å². The van der Waals surface area contributed by atoms with Crippen molar-refractivity contribution in [2.24, 2.45) is 0 Å². The van der Waals surface area contributed by atoms with E-state index in [1.807, 2.05) is 61.5 Å². The van der Waals surface area contributed by atoms with Crippen LogP contribution in [0.3, 0.4) is 0 Å². The van der Waals surface area contributed by atoms with Crippen molar-refractivity contribution in [3.05, 3.63) is 71.3 Å². The Kier molecular flexibility index (Phi) is 5.68. The lowest BCUT2D eigenvalue weighted by molar-refractivity contribution is -0.142. The van der Waals surface area contributed by atoms with E-state index in [1.165, 1.54) is 0 Å². The molecule has 2 amide bonds. The molecule has 0 saturated carbocycles. The number of benzene rings is 2. The highest BCUT2D eigenvalue weighted by Gasteiger charge is 2.37. The fourth-order valence-electron chi connectivity index (χ4n) is 3.38. The summed E-state index contributed by atoms with van der Waals surface area (Å²) in [5.74, 6) is -0.216. The number of nitrogens with one attached hydrogen (secondary N) is 1. The summed E-state index contributed by atoms with van der Waals surface area (Å²) in [6, 6.07) is 16.7. The number of ether oxygens (including phenoxy) is 1. The van der Waals surface area contributed by atoms with Gasteiger partial charge in [-0.15, -0.1) is 0 Å². The van der Waals surface area contributed by atoms with Gasteiger partial charge in [0.15, 0.2) is 0 Å². The second-order valence-corrected chi connectivity index (χ2v) is 6.50. The molecule has 136 valence electrons. The van der Waals surface area contributed by atoms with E-state index in [-0.39, 0.29) is 17.9 Å². The molecule has 26 heavy (non-hydrogen) atoms. The summed E-state index contributed by atoms with van der Waals surface area (Å²) in [7, 11) is 1.59. The van der Waals surface area contributed by atoms with E-state index in [0.717, 1.165) is 16.7 Å². The van der Waals surface area contributed by atoms with Gasteiger partial charge in [0, 0.05) is 13.7 Å². The zero-order valence-corrected chi connectivity index (χ0v) is 15.1. The summed E-state index contributed by atoms with van der Waals surface area (Å²) in [6.45, 7) is 2.73. The van der Waals surface area contributed by atoms with Crippen molar-refractivity contribution in [3.8, 4) is 0 Å². The van der Waals surface area contributed by atoms with E-state index in [0.29, 0.717) is 19.6 Å². The molecule has 0 fully saturated rings. The number of amides is 2. The lowest BCUT2D eigenvalue weighted by Crippen LogP contribution is -2.48. The van der Waals surface area contributed by atoms with E-state index >= 15 is 0 Å². The van der Waals surface area contributed by atoms with Crippen molar-refractivity contribution in [1.82, 2.24) is 10.2 Å². The molecule has 1 aliphatic rings. The van der Waals surface area contributed by atoms with Gasteiger partial charge in [-0.3, -0.25) is 9.59 Å². The third-order valence-corrected chi connectivity index (χ3v) is 4.77. The topological polar surface area (TPSA) is 58.6 Å². The molecular weight excluding hydrogens is 328 g/mol. The molecule has 1 heterocycles. The molecule has 2 unspecified atom stereocenters. The van der Waals surface area contributed by atoms with Crippen molar-refractivity contribution in [2.45, 2.75) is 25.4 Å². The molecule has 3 rings (SSSR count). The summed E-state index contributed by atoms with van der Waals surface area (Å²) in [5.41, 5.74) is 2.83. The van der Waals surface area contributed by atoms with Crippen LogP contribution in [0.2, 0.25) is 0 Å². The van der Waals surface area contributed by atoms with Gasteiger partial charge in [-0.25, -0.2) is 0 Å². The Balaban J connectivity index is 1.87. The molecule has 1 N–H and O–H groups in total. The minimum Gasteiger partial charge on any atom is -0.383 e. The van der Waals surface area contributed by atoms with Crippen molar-refractivity contribution in [3.63, 3.8) is 0 Å². The summed E-state index contributed by atoms with van der Waals surface area (Å²) >= 11 is 0. The van der Waals surface area contributed by atoms with Crippen LogP contribution in [0.15, 0.2) is 54.6 Å². The standard InChI is InChI=1S/C21H24N2O3/c1-15(16-8-4-3-5-9-16)22-21(25)20-18-11-7-6-10-17(18)14-19(24)23(20)12-13-26-2/h3-11,15,20H,12-14H2,1-2H3,(H,22,25). The zero-order chi connectivity index (χ0) is 18.5. The Morgan fingerprint density at radius 2 is 1.88 bits per heavy atom. The molecule has 2 aromatic carbocycles. The highest BCUT2D eigenvalue weighted by atomic mass is 16.5. The van der Waals surface area contributed by atoms with E-state index in [4.69, 9.17) is 4.74 Å². The number of hydrogen-bond acceptors (Lipinski definition) is 3. The largest absolute Gasteiger partial charge is 0.383 e.